The average Bonchev–Trinajstić information content (AvgIpc) is 2.67. The van der Waals surface area contributed by atoms with E-state index < -0.39 is 11.5 Å². The summed E-state index contributed by atoms with van der Waals surface area (Å²) in [5, 5.41) is 14.0. The van der Waals surface area contributed by atoms with Crippen LogP contribution in [0.3, 0.4) is 0 Å². The molecular weight excluding hydrogens is 352 g/mol. The first kappa shape index (κ1) is 19.7. The van der Waals surface area contributed by atoms with Crippen LogP contribution >= 0.6 is 0 Å². The van der Waals surface area contributed by atoms with E-state index in [9.17, 15) is 14.7 Å². The molecule has 0 spiro atoms. The molecule has 3 aromatic rings. The zero-order valence-electron chi connectivity index (χ0n) is 16.6. The molecule has 2 aromatic carbocycles. The third kappa shape index (κ3) is 3.79. The SMILES string of the molecule is CCCCCn1c(=O)c(C(=O)Nc2ccc(C)cc2C)c(O)c2ccccc21. The number of aromatic nitrogens is 1. The summed E-state index contributed by atoms with van der Waals surface area (Å²) < 4.78 is 1.60. The fraction of sp³-hybridized carbons (Fsp3) is 0.304. The second kappa shape index (κ2) is 8.30. The molecule has 0 fully saturated rings. The Hall–Kier alpha value is -3.08. The van der Waals surface area contributed by atoms with Gasteiger partial charge in [-0.2, -0.15) is 0 Å². The van der Waals surface area contributed by atoms with Crippen LogP contribution in [0.4, 0.5) is 5.69 Å². The quantitative estimate of drug-likeness (QED) is 0.607. The van der Waals surface area contributed by atoms with Gasteiger partial charge in [0.25, 0.3) is 11.5 Å². The lowest BCUT2D eigenvalue weighted by atomic mass is 10.1. The van der Waals surface area contributed by atoms with E-state index in [1.54, 1.807) is 28.8 Å². The van der Waals surface area contributed by atoms with Gasteiger partial charge in [-0.05, 0) is 44.0 Å². The van der Waals surface area contributed by atoms with Crippen molar-refractivity contribution in [3.05, 3.63) is 69.5 Å². The first-order valence-corrected chi connectivity index (χ1v) is 9.67. The smallest absolute Gasteiger partial charge is 0.267 e. The van der Waals surface area contributed by atoms with Gasteiger partial charge in [0.05, 0.1) is 5.52 Å². The molecule has 0 aliphatic heterocycles. The van der Waals surface area contributed by atoms with Gasteiger partial charge in [0, 0.05) is 17.6 Å². The summed E-state index contributed by atoms with van der Waals surface area (Å²) in [5.74, 6) is -0.862. The molecule has 1 aromatic heterocycles. The average molecular weight is 378 g/mol. The molecule has 0 atom stereocenters. The van der Waals surface area contributed by atoms with Gasteiger partial charge in [-0.1, -0.05) is 49.6 Å². The summed E-state index contributed by atoms with van der Waals surface area (Å²) in [6, 6.07) is 12.8. The number of carbonyl (C=O) groups excluding carboxylic acids is 1. The highest BCUT2D eigenvalue weighted by Crippen LogP contribution is 2.27. The van der Waals surface area contributed by atoms with Crippen LogP contribution in [0.25, 0.3) is 10.9 Å². The third-order valence-electron chi connectivity index (χ3n) is 4.99. The molecule has 0 radical (unpaired) electrons. The number of para-hydroxylation sites is 1. The number of pyridine rings is 1. The van der Waals surface area contributed by atoms with Gasteiger partial charge >= 0.3 is 0 Å². The van der Waals surface area contributed by atoms with Crippen molar-refractivity contribution < 1.29 is 9.90 Å². The van der Waals surface area contributed by atoms with E-state index in [1.807, 2.05) is 32.0 Å². The lowest BCUT2D eigenvalue weighted by Crippen LogP contribution is -2.30. The highest BCUT2D eigenvalue weighted by atomic mass is 16.3. The Labute approximate surface area is 164 Å². The predicted octanol–water partition coefficient (Wildman–Crippen LogP) is 4.77. The molecule has 0 saturated carbocycles. The molecule has 5 nitrogen and oxygen atoms in total. The first-order chi connectivity index (χ1) is 13.4. The lowest BCUT2D eigenvalue weighted by Gasteiger charge is -2.15. The number of anilines is 1. The van der Waals surface area contributed by atoms with E-state index in [1.165, 1.54) is 0 Å². The number of nitrogens with one attached hydrogen (secondary N) is 1. The number of unbranched alkanes of at least 4 members (excludes halogenated alkanes) is 2. The molecule has 0 saturated heterocycles. The monoisotopic (exact) mass is 378 g/mol. The maximum absolute atomic E-state index is 13.1. The van der Waals surface area contributed by atoms with Crippen LogP contribution in [0.1, 0.15) is 47.7 Å². The van der Waals surface area contributed by atoms with Crippen LogP contribution in [0.15, 0.2) is 47.3 Å². The van der Waals surface area contributed by atoms with E-state index in [2.05, 4.69) is 12.2 Å². The van der Waals surface area contributed by atoms with Crippen molar-refractivity contribution in [2.45, 2.75) is 46.6 Å². The van der Waals surface area contributed by atoms with Crippen molar-refractivity contribution in [1.82, 2.24) is 4.57 Å². The molecule has 3 rings (SSSR count). The fourth-order valence-corrected chi connectivity index (χ4v) is 3.47. The molecule has 1 heterocycles. The van der Waals surface area contributed by atoms with Crippen LogP contribution in [-0.2, 0) is 6.54 Å². The van der Waals surface area contributed by atoms with Gasteiger partial charge < -0.3 is 15.0 Å². The minimum Gasteiger partial charge on any atom is -0.506 e. The van der Waals surface area contributed by atoms with Gasteiger partial charge in [0.1, 0.15) is 11.3 Å². The lowest BCUT2D eigenvalue weighted by molar-refractivity contribution is 0.102. The van der Waals surface area contributed by atoms with Gasteiger partial charge in [0.2, 0.25) is 0 Å². The molecule has 2 N–H and O–H groups in total. The topological polar surface area (TPSA) is 71.3 Å². The van der Waals surface area contributed by atoms with Crippen molar-refractivity contribution in [1.29, 1.82) is 0 Å². The number of aromatic hydroxyl groups is 1. The third-order valence-corrected chi connectivity index (χ3v) is 4.99. The van der Waals surface area contributed by atoms with Crippen LogP contribution in [0, 0.1) is 13.8 Å². The van der Waals surface area contributed by atoms with Crippen molar-refractivity contribution in [3.8, 4) is 5.75 Å². The van der Waals surface area contributed by atoms with Crippen molar-refractivity contribution in [3.63, 3.8) is 0 Å². The largest absolute Gasteiger partial charge is 0.506 e. The molecule has 1 amide bonds. The predicted molar refractivity (Wildman–Crippen MR) is 113 cm³/mol. The summed E-state index contributed by atoms with van der Waals surface area (Å²) in [4.78, 5) is 26.0. The van der Waals surface area contributed by atoms with Crippen molar-refractivity contribution in [2.24, 2.45) is 0 Å². The summed E-state index contributed by atoms with van der Waals surface area (Å²) in [6.07, 6.45) is 2.86. The molecule has 0 unspecified atom stereocenters. The van der Waals surface area contributed by atoms with Crippen LogP contribution in [0.5, 0.6) is 5.75 Å². The number of hydrogen-bond acceptors (Lipinski definition) is 3. The van der Waals surface area contributed by atoms with Crippen LogP contribution < -0.4 is 10.9 Å². The Morgan fingerprint density at radius 2 is 1.86 bits per heavy atom. The van der Waals surface area contributed by atoms with Crippen molar-refractivity contribution in [2.75, 3.05) is 5.32 Å². The normalized spacial score (nSPS) is 11.0. The van der Waals surface area contributed by atoms with E-state index in [0.717, 1.165) is 30.4 Å². The zero-order valence-corrected chi connectivity index (χ0v) is 16.6. The number of nitrogens with zero attached hydrogens (tertiary/aromatic N) is 1. The van der Waals surface area contributed by atoms with Gasteiger partial charge in [-0.25, -0.2) is 0 Å². The number of benzene rings is 2. The van der Waals surface area contributed by atoms with E-state index in [0.29, 0.717) is 23.1 Å². The molecule has 0 aliphatic carbocycles. The number of hydrogen-bond donors (Lipinski definition) is 2. The second-order valence-corrected chi connectivity index (χ2v) is 7.18. The fourth-order valence-electron chi connectivity index (χ4n) is 3.47. The summed E-state index contributed by atoms with van der Waals surface area (Å²) in [5.41, 5.74) is 2.58. The number of amides is 1. The minimum atomic E-state index is -0.593. The highest BCUT2D eigenvalue weighted by molar-refractivity contribution is 6.09. The number of aryl methyl sites for hydroxylation is 3. The summed E-state index contributed by atoms with van der Waals surface area (Å²) in [7, 11) is 0. The number of fused-ring (bicyclic) bond motifs is 1. The molecule has 5 heteroatoms. The Kier molecular flexibility index (Phi) is 5.83. The van der Waals surface area contributed by atoms with Crippen molar-refractivity contribution >= 4 is 22.5 Å². The van der Waals surface area contributed by atoms with Gasteiger partial charge in [-0.3, -0.25) is 9.59 Å². The van der Waals surface area contributed by atoms with E-state index in [-0.39, 0.29) is 11.3 Å². The Bertz CT molecular complexity index is 1080. The molecule has 146 valence electrons. The number of carbonyl (C=O) groups is 1. The maximum atomic E-state index is 13.1. The number of rotatable bonds is 6. The van der Waals surface area contributed by atoms with Gasteiger partial charge in [-0.15, -0.1) is 0 Å². The maximum Gasteiger partial charge on any atom is 0.267 e. The molecule has 0 bridgehead atoms. The minimum absolute atomic E-state index is 0.213. The molecular formula is C23H26N2O3. The summed E-state index contributed by atoms with van der Waals surface area (Å²) >= 11 is 0. The standard InChI is InChI=1S/C23H26N2O3/c1-4-5-8-13-25-19-10-7-6-9-17(19)21(26)20(23(25)28)22(27)24-18-12-11-15(2)14-16(18)3/h6-7,9-12,14,26H,4-5,8,13H2,1-3H3,(H,24,27). The Morgan fingerprint density at radius 1 is 1.11 bits per heavy atom. The second-order valence-electron chi connectivity index (χ2n) is 7.18. The van der Waals surface area contributed by atoms with Crippen LogP contribution in [-0.4, -0.2) is 15.6 Å². The Morgan fingerprint density at radius 3 is 2.57 bits per heavy atom. The van der Waals surface area contributed by atoms with Gasteiger partial charge in [0.15, 0.2) is 0 Å². The highest BCUT2D eigenvalue weighted by Gasteiger charge is 2.22. The zero-order chi connectivity index (χ0) is 20.3. The molecule has 28 heavy (non-hydrogen) atoms. The van der Waals surface area contributed by atoms with Crippen LogP contribution in [0.2, 0.25) is 0 Å². The Balaban J connectivity index is 2.09. The first-order valence-electron chi connectivity index (χ1n) is 9.67. The van der Waals surface area contributed by atoms with E-state index >= 15 is 0 Å². The molecule has 0 aliphatic rings. The summed E-state index contributed by atoms with van der Waals surface area (Å²) in [6.45, 7) is 6.48. The van der Waals surface area contributed by atoms with E-state index in [4.69, 9.17) is 0 Å².